The monoisotopic (exact) mass is 3810 g/mol. The van der Waals surface area contributed by atoms with Crippen molar-refractivity contribution in [2.45, 2.75) is 52.1 Å². The molecule has 2 fully saturated rings. The highest BCUT2D eigenvalue weighted by atomic mass is 35.5. The van der Waals surface area contributed by atoms with Crippen molar-refractivity contribution in [3.8, 4) is 0 Å². The van der Waals surface area contributed by atoms with Crippen molar-refractivity contribution in [3.63, 3.8) is 0 Å². The van der Waals surface area contributed by atoms with E-state index in [0.29, 0.717) is 18.3 Å². The summed E-state index contributed by atoms with van der Waals surface area (Å²) >= 11 is 16.0. The van der Waals surface area contributed by atoms with Crippen LogP contribution in [-0.4, -0.2) is 65.3 Å². The first-order valence-electron chi connectivity index (χ1n) is 31.2. The Bertz CT molecular complexity index is 9890. The Kier molecular flexibility index (Phi) is 133. The molecule has 2 heterocycles. The minimum atomic E-state index is 0.0720. The first-order chi connectivity index (χ1) is 69.7. The minimum absolute atomic E-state index is 0.0720. The van der Waals surface area contributed by atoms with E-state index in [1.54, 1.807) is 113 Å². The molecule has 2 aliphatic heterocycles. The number of rotatable bonds is 6. The maximum Gasteiger partial charge on any atom is 0.223 e. The van der Waals surface area contributed by atoms with E-state index >= 15 is 0 Å². The van der Waals surface area contributed by atoms with Gasteiger partial charge in [-0.05, 0) is 58.7 Å². The van der Waals surface area contributed by atoms with Crippen molar-refractivity contribution < 1.29 is 9.59 Å². The topological polar surface area (TPSA) is 43.9 Å². The van der Waals surface area contributed by atoms with Crippen LogP contribution >= 0.6 is 11.6 Å². The van der Waals surface area contributed by atoms with E-state index in [1.807, 2.05) is 781 Å². The van der Waals surface area contributed by atoms with Gasteiger partial charge in [-0.3, -0.25) is 14.5 Å². The number of carbonyl (C=O) groups is 2. The predicted molar refractivity (Wildman–Crippen MR) is 910 cm³/mol. The van der Waals surface area contributed by atoms with Crippen molar-refractivity contribution in [1.29, 1.82) is 0 Å². The normalized spacial score (nSPS) is 11.2. The molecule has 2 atom stereocenters. The van der Waals surface area contributed by atoms with Gasteiger partial charge < -0.3 is 9.80 Å². The molecular weight excluding hydrogens is 3780 g/mol. The van der Waals surface area contributed by atoms with E-state index in [1.165, 1.54) is 39.7 Å². The van der Waals surface area contributed by atoms with Gasteiger partial charge in [0, 0.05) is 968 Å². The van der Waals surface area contributed by atoms with Gasteiger partial charge in [0.2, 0.25) is 11.8 Å². The van der Waals surface area contributed by atoms with Crippen LogP contribution in [0.2, 0.25) is 5.02 Å². The van der Waals surface area contributed by atoms with Gasteiger partial charge in [-0.1, -0.05) is 80.0 Å². The fourth-order valence-corrected chi connectivity index (χ4v) is 277. The average molecular weight is 3820 g/mol. The molecule has 5 nitrogen and oxygen atoms in total. The summed E-state index contributed by atoms with van der Waals surface area (Å²) in [7, 11) is 181. The molecule has 3 aromatic rings. The van der Waals surface area contributed by atoms with Crippen molar-refractivity contribution in [1.82, 2.24) is 14.7 Å². The largest absolute Gasteiger partial charge is 0.343 e. The van der Waals surface area contributed by atoms with E-state index in [0.717, 1.165) is 50.6 Å². The molecule has 0 spiro atoms. The smallest absolute Gasteiger partial charge is 0.223 e. The van der Waals surface area contributed by atoms with E-state index in [9.17, 15) is 9.59 Å². The van der Waals surface area contributed by atoms with Gasteiger partial charge in [-0.2, -0.15) is 0 Å². The molecule has 0 bridgehead atoms. The maximum atomic E-state index is 13.6. The molecule has 0 aliphatic carbocycles. The summed E-state index contributed by atoms with van der Waals surface area (Å²) in [6, 6.07) is 23.6. The fraction of sp³-hybridized carbons (Fsp3) is 0.455. The molecule has 0 radical (unpaired) electrons. The molecule has 2 saturated heterocycles. The van der Waals surface area contributed by atoms with Crippen molar-refractivity contribution >= 4 is 945 Å². The number of amides is 2. The summed E-state index contributed by atoms with van der Waals surface area (Å²) in [4.78, 5) is 32.0. The fourth-order valence-electron chi connectivity index (χ4n) is 7.60. The highest BCUT2D eigenvalue weighted by Gasteiger charge is 2.37. The number of piperazine rings is 1. The average Bonchev–Trinajstić information content (AvgIpc) is 0.770. The van der Waals surface area contributed by atoms with Gasteiger partial charge in [-0.25, -0.2) is 0 Å². The third-order valence-electron chi connectivity index (χ3n) is 11.5. The highest BCUT2D eigenvalue weighted by Crippen LogP contribution is 2.37. The summed E-state index contributed by atoms with van der Waals surface area (Å²) in [5.74, 6) is 1.10. The van der Waals surface area contributed by atoms with E-state index in [2.05, 4.69) is 78.2 Å². The summed E-state index contributed by atoms with van der Waals surface area (Å²) in [5, 5.41) is 3.23. The molecule has 0 saturated carbocycles. The quantitative estimate of drug-likeness (QED) is 0.297. The zero-order chi connectivity index (χ0) is 100. The van der Waals surface area contributed by atoms with Gasteiger partial charge in [-0.15, -0.1) is 0 Å². The second-order valence-electron chi connectivity index (χ2n) is 18.4. The summed E-state index contributed by atoms with van der Waals surface area (Å²) < 4.78 is 0. The summed E-state index contributed by atoms with van der Waals surface area (Å²) in [6.07, 6.45) is 2.41. The van der Waals surface area contributed by atoms with E-state index in [4.69, 9.17) is 34.0 Å². The first kappa shape index (κ1) is 153. The lowest BCUT2D eigenvalue weighted by Gasteiger charge is -2.47. The van der Waals surface area contributed by atoms with Crippen LogP contribution in [0.3, 0.4) is 0 Å². The lowest BCUT2D eigenvalue weighted by atomic mass is 9.89. The Balaban J connectivity index is 0.000000867. The third-order valence-corrected chi connectivity index (χ3v) is 232. The lowest BCUT2D eigenvalue weighted by Crippen LogP contribution is -2.58. The second kappa shape index (κ2) is 123. The molecule has 141 heavy (non-hydrogen) atoms. The van der Waals surface area contributed by atoms with Gasteiger partial charge >= 0.3 is 0 Å². The number of hydrogen-bond donors (Lipinski definition) is 0. The number of fused-ring (bicyclic) bond motifs is 1. The number of halogens is 1. The zero-order valence-corrected chi connectivity index (χ0v) is 149. The van der Waals surface area contributed by atoms with E-state index < -0.39 is 0 Å². The molecule has 0 N–H and O–H groups in total. The van der Waals surface area contributed by atoms with Crippen LogP contribution < -0.4 is 0 Å². The van der Waals surface area contributed by atoms with Gasteiger partial charge in [0.15, 0.2) is 0 Å². The molecule has 108 heteroatoms. The predicted octanol–water partition coefficient (Wildman–Crippen LogP) is 6.16. The summed E-state index contributed by atoms with van der Waals surface area (Å²) in [5.41, 5.74) is 2.50. The number of nitrogens with zero attached hydrogens (tertiary/aromatic N) is 3. The van der Waals surface area contributed by atoms with Gasteiger partial charge in [0.05, 0.1) is 6.04 Å². The minimum Gasteiger partial charge on any atom is -0.343 e. The highest BCUT2D eigenvalue weighted by molar-refractivity contribution is 8.87. The number of carbonyl (C=O) groups excluding carboxylic acids is 2. The molecule has 1 unspecified atom stereocenters. The molecule has 0 aromatic heterocycles. The van der Waals surface area contributed by atoms with Crippen LogP contribution in [0, 0.1) is 11.8 Å². The Morgan fingerprint density at radius 2 is 0.496 bits per heavy atom. The summed E-state index contributed by atoms with van der Waals surface area (Å²) in [6.45, 7) is 9.99. The number of likely N-dealkylation sites (tertiary alicyclic amines) is 1. The standard InChI is InChI=1S/C33H40ClN3O2.S102/c1-23(2)31-22-36(19-20-37(31)32(39)21-25-15-17-35(18-16-25)24(3)38)33(27-11-13-28(34)14-12-27)30-10-6-8-26-7-4-5-9-29(26)30;1-3-5-7-9-11-13-15-17-19-21-23-25-27-29-31-33-35-37-39-41-43-45-47-49-51-53-55-57-59-61-63-65-67-69-71-73-75-77-79-81-83-85-87-89-91-93-95-97-99-101-102-100-98-96-94-92-90-88-86-84-82-80-78-76-74-72-70-68-66-64-62-60-58-56-54-52-50-48-46-44-42-40-38-36-34-32-30-28-26-24-22-20-18-16-14-12-10-8-6-4-2/h4-14,23,25,31,33H,15-22H2,1-3H3;/t31-,33?;/m1./s1. The van der Waals surface area contributed by atoms with Crippen LogP contribution in [0.5, 0.6) is 0 Å². The van der Waals surface area contributed by atoms with Crippen molar-refractivity contribution in [2.24, 2.45) is 11.8 Å². The van der Waals surface area contributed by atoms with E-state index in [-0.39, 0.29) is 23.9 Å². The zero-order valence-electron chi connectivity index (χ0n) is 65.0. The molecular formula is C33H40ClN3O2S102. The van der Waals surface area contributed by atoms with Crippen LogP contribution in [0.25, 0.3) is 10.8 Å². The third kappa shape index (κ3) is 98.5. The van der Waals surface area contributed by atoms with Crippen LogP contribution in [0.1, 0.15) is 57.2 Å². The lowest BCUT2D eigenvalue weighted by molar-refractivity contribution is -0.139. The molecule has 5 rings (SSSR count). The van der Waals surface area contributed by atoms with Gasteiger partial charge in [0.25, 0.3) is 0 Å². The maximum absolute atomic E-state index is 13.6. The first-order valence-corrected chi connectivity index (χ1v) is 166. The van der Waals surface area contributed by atoms with Gasteiger partial charge in [0.1, 0.15) is 0 Å². The Morgan fingerprint density at radius 1 is 0.284 bits per heavy atom. The number of hydrogen-bond acceptors (Lipinski definition) is 5. The van der Waals surface area contributed by atoms with Crippen LogP contribution in [0.15, 0.2) is 66.7 Å². The molecule has 3 aromatic carbocycles. The number of piperidine rings is 1. The van der Waals surface area contributed by atoms with Crippen LogP contribution in [-0.2, 0) is 920 Å². The Labute approximate surface area is 1120 Å². The molecule has 818 valence electrons. The Hall–Kier alpha value is 19.6. The van der Waals surface area contributed by atoms with Crippen LogP contribution in [0.4, 0.5) is 0 Å². The second-order valence-corrected chi connectivity index (χ2v) is 196. The van der Waals surface area contributed by atoms with Crippen molar-refractivity contribution in [2.75, 3.05) is 32.7 Å². The SMILES string of the molecule is CC(=O)N1CCC(CC(=O)N2CCN(C(c3ccc(Cl)cc3)c3cccc4ccccc34)C[C@@H]2C(C)C)CC1.S=S=S=S=S=S=S=S=S=S=S=S=S=S=S=S=S=S=S=S=S=S=S=S=S=S=S=S=S=S=S=S=S=S=S=S=S=S=S=S=S=S=S=S=S=S=S=S=S=S=S=S=S=S=S=S=S=S=S=S=S=S=S=S=S=S=S=S=S=S=S=S=S=S=S=S=S=S=S=S=S=S=S=S=S=S=S=S=S=S=S=S=S=S=S=S=S=S=S=S=S=S. The molecule has 2 amide bonds. The Morgan fingerprint density at radius 3 is 0.709 bits per heavy atom. The van der Waals surface area contributed by atoms with Crippen molar-refractivity contribution in [3.05, 3.63) is 82.9 Å². The number of benzene rings is 3. The molecule has 2 aliphatic rings.